The molecule has 0 aromatic heterocycles. The number of ether oxygens (including phenoxy) is 1. The van der Waals surface area contributed by atoms with Crippen LogP contribution in [0, 0.1) is 0 Å². The first kappa shape index (κ1) is 15.2. The topological polar surface area (TPSA) is 52.3 Å². The largest absolute Gasteiger partial charge is 0.495 e. The van der Waals surface area contributed by atoms with Crippen LogP contribution in [0.5, 0.6) is 5.75 Å². The van der Waals surface area contributed by atoms with E-state index >= 15 is 0 Å². The lowest BCUT2D eigenvalue weighted by atomic mass is 10.3. The second-order valence-corrected chi connectivity index (χ2v) is 5.95. The van der Waals surface area contributed by atoms with E-state index in [0.29, 0.717) is 16.3 Å². The fraction of sp³-hybridized carbons (Fsp3) is 0.400. The summed E-state index contributed by atoms with van der Waals surface area (Å²) < 4.78 is 52.6. The fourth-order valence-electron chi connectivity index (χ4n) is 1.22. The Labute approximate surface area is 109 Å². The number of nitrogen functional groups attached to an aromatic ring is 1. The van der Waals surface area contributed by atoms with Crippen molar-refractivity contribution >= 4 is 28.2 Å². The van der Waals surface area contributed by atoms with E-state index in [-0.39, 0.29) is 23.3 Å². The Kier molecular flexibility index (Phi) is 5.33. The second kappa shape index (κ2) is 6.33. The molecule has 0 bridgehead atoms. The summed E-state index contributed by atoms with van der Waals surface area (Å²) in [6.07, 6.45) is 0. The van der Waals surface area contributed by atoms with Crippen LogP contribution < -0.4 is 10.5 Å². The molecule has 1 aromatic rings. The normalized spacial score (nSPS) is 13.3. The number of benzene rings is 1. The maximum atomic E-state index is 11.9. The Morgan fingerprint density at radius 3 is 2.67 bits per heavy atom. The summed E-state index contributed by atoms with van der Waals surface area (Å²) in [5.74, 6) is -0.0287. The number of rotatable bonds is 5. The van der Waals surface area contributed by atoms with Crippen molar-refractivity contribution in [3.8, 4) is 5.75 Å². The summed E-state index contributed by atoms with van der Waals surface area (Å²) in [7, 11) is -0.150. The molecule has 0 radical (unpaired) electrons. The van der Waals surface area contributed by atoms with E-state index in [2.05, 4.69) is 0 Å². The fourth-order valence-corrected chi connectivity index (χ4v) is 3.19. The molecule has 0 saturated heterocycles. The Morgan fingerprint density at radius 1 is 1.44 bits per heavy atom. The van der Waals surface area contributed by atoms with Gasteiger partial charge in [-0.2, -0.15) is 13.2 Å². The van der Waals surface area contributed by atoms with E-state index in [1.807, 2.05) is 0 Å². The van der Waals surface area contributed by atoms with Gasteiger partial charge in [-0.3, -0.25) is 4.21 Å². The third kappa shape index (κ3) is 4.77. The number of hydrogen-bond donors (Lipinski definition) is 1. The van der Waals surface area contributed by atoms with E-state index in [4.69, 9.17) is 10.5 Å². The van der Waals surface area contributed by atoms with Gasteiger partial charge in [0.1, 0.15) is 5.75 Å². The molecule has 3 nitrogen and oxygen atoms in total. The molecule has 102 valence electrons. The highest BCUT2D eigenvalue weighted by Gasteiger charge is 2.28. The molecular weight excluding hydrogens is 287 g/mol. The van der Waals surface area contributed by atoms with Crippen LogP contribution in [-0.2, 0) is 10.8 Å². The van der Waals surface area contributed by atoms with Crippen molar-refractivity contribution < 1.29 is 22.1 Å². The minimum Gasteiger partial charge on any atom is -0.495 e. The summed E-state index contributed by atoms with van der Waals surface area (Å²) in [5.41, 5.74) is 1.67. The molecule has 0 fully saturated rings. The number of hydrogen-bond acceptors (Lipinski definition) is 4. The predicted molar refractivity (Wildman–Crippen MR) is 67.2 cm³/mol. The monoisotopic (exact) mass is 299 g/mol. The third-order valence-electron chi connectivity index (χ3n) is 1.97. The average molecular weight is 299 g/mol. The zero-order chi connectivity index (χ0) is 13.8. The van der Waals surface area contributed by atoms with E-state index in [9.17, 15) is 17.4 Å². The van der Waals surface area contributed by atoms with Gasteiger partial charge in [-0.05, 0) is 12.1 Å². The van der Waals surface area contributed by atoms with Crippen molar-refractivity contribution in [2.45, 2.75) is 10.4 Å². The summed E-state index contributed by atoms with van der Waals surface area (Å²) in [6, 6.07) is 4.53. The van der Waals surface area contributed by atoms with Crippen LogP contribution in [0.3, 0.4) is 0 Å². The lowest BCUT2D eigenvalue weighted by molar-refractivity contribution is -0.0326. The molecule has 18 heavy (non-hydrogen) atoms. The first-order valence-corrected chi connectivity index (χ1v) is 7.16. The summed E-state index contributed by atoms with van der Waals surface area (Å²) in [6.45, 7) is 0. The van der Waals surface area contributed by atoms with Gasteiger partial charge < -0.3 is 10.5 Å². The van der Waals surface area contributed by atoms with Crippen LogP contribution in [0.25, 0.3) is 0 Å². The van der Waals surface area contributed by atoms with Crippen molar-refractivity contribution in [2.24, 2.45) is 0 Å². The van der Waals surface area contributed by atoms with Crippen molar-refractivity contribution in [3.63, 3.8) is 0 Å². The van der Waals surface area contributed by atoms with Crippen LogP contribution in [0.1, 0.15) is 0 Å². The minimum atomic E-state index is -4.30. The second-order valence-electron chi connectivity index (χ2n) is 3.25. The molecule has 0 amide bonds. The van der Waals surface area contributed by atoms with E-state index < -0.39 is 16.3 Å². The standard InChI is InChI=1S/C10H12F3NO2S2/c1-16-8-6-7(14)2-3-9(8)18(15)5-4-17-10(11,12)13/h2-3,6H,4-5,14H2,1H3. The van der Waals surface area contributed by atoms with Crippen molar-refractivity contribution in [2.75, 3.05) is 24.3 Å². The Balaban J connectivity index is 2.67. The van der Waals surface area contributed by atoms with Crippen LogP contribution in [0.15, 0.2) is 23.1 Å². The maximum absolute atomic E-state index is 11.9. The average Bonchev–Trinajstić information content (AvgIpc) is 2.26. The molecule has 0 spiro atoms. The van der Waals surface area contributed by atoms with Gasteiger partial charge in [-0.1, -0.05) is 11.8 Å². The molecule has 0 aliphatic heterocycles. The molecule has 0 heterocycles. The van der Waals surface area contributed by atoms with Gasteiger partial charge in [0.05, 0.1) is 22.8 Å². The Bertz CT molecular complexity index is 438. The highest BCUT2D eigenvalue weighted by molar-refractivity contribution is 8.00. The van der Waals surface area contributed by atoms with Crippen LogP contribution in [0.2, 0.25) is 0 Å². The highest BCUT2D eigenvalue weighted by atomic mass is 32.2. The molecule has 0 saturated carbocycles. The van der Waals surface area contributed by atoms with E-state index in [0.717, 1.165) is 0 Å². The number of alkyl halides is 3. The van der Waals surface area contributed by atoms with Gasteiger partial charge in [-0.15, -0.1) is 0 Å². The van der Waals surface area contributed by atoms with Crippen LogP contribution in [0.4, 0.5) is 18.9 Å². The molecule has 1 atom stereocenters. The van der Waals surface area contributed by atoms with Gasteiger partial charge in [0.2, 0.25) is 0 Å². The molecule has 0 aliphatic carbocycles. The summed E-state index contributed by atoms with van der Waals surface area (Å²) >= 11 is -0.185. The number of thioether (sulfide) groups is 1. The lowest BCUT2D eigenvalue weighted by Crippen LogP contribution is -2.08. The SMILES string of the molecule is COc1cc(N)ccc1S(=O)CCSC(F)(F)F. The predicted octanol–water partition coefficient (Wildman–Crippen LogP) is 2.64. The number of halogens is 3. The highest BCUT2D eigenvalue weighted by Crippen LogP contribution is 2.31. The van der Waals surface area contributed by atoms with Gasteiger partial charge >= 0.3 is 5.51 Å². The summed E-state index contributed by atoms with van der Waals surface area (Å²) in [4.78, 5) is 0.356. The van der Waals surface area contributed by atoms with Gasteiger partial charge in [0.15, 0.2) is 0 Å². The smallest absolute Gasteiger partial charge is 0.441 e. The maximum Gasteiger partial charge on any atom is 0.441 e. The van der Waals surface area contributed by atoms with Crippen LogP contribution >= 0.6 is 11.8 Å². The minimum absolute atomic E-state index is 0.0928. The first-order valence-electron chi connectivity index (χ1n) is 4.86. The third-order valence-corrected chi connectivity index (χ3v) is 4.36. The Hall–Kier alpha value is -0.890. The van der Waals surface area contributed by atoms with E-state index in [1.165, 1.54) is 25.3 Å². The summed E-state index contributed by atoms with van der Waals surface area (Å²) in [5, 5.41) is 0. The van der Waals surface area contributed by atoms with Gasteiger partial charge in [0, 0.05) is 23.3 Å². The van der Waals surface area contributed by atoms with Gasteiger partial charge in [0.25, 0.3) is 0 Å². The molecule has 8 heteroatoms. The first-order chi connectivity index (χ1) is 8.33. The zero-order valence-electron chi connectivity index (χ0n) is 9.49. The van der Waals surface area contributed by atoms with Crippen LogP contribution in [-0.4, -0.2) is 28.3 Å². The van der Waals surface area contributed by atoms with Crippen molar-refractivity contribution in [1.29, 1.82) is 0 Å². The van der Waals surface area contributed by atoms with Gasteiger partial charge in [-0.25, -0.2) is 0 Å². The number of anilines is 1. The van der Waals surface area contributed by atoms with E-state index in [1.54, 1.807) is 0 Å². The molecule has 2 N–H and O–H groups in total. The number of methoxy groups -OCH3 is 1. The molecule has 0 aliphatic rings. The molecule has 1 aromatic carbocycles. The Morgan fingerprint density at radius 2 is 2.11 bits per heavy atom. The van der Waals surface area contributed by atoms with Crippen molar-refractivity contribution in [1.82, 2.24) is 0 Å². The van der Waals surface area contributed by atoms with Crippen molar-refractivity contribution in [3.05, 3.63) is 18.2 Å². The molecular formula is C10H12F3NO2S2. The number of nitrogens with two attached hydrogens (primary N) is 1. The quantitative estimate of drug-likeness (QED) is 0.849. The zero-order valence-corrected chi connectivity index (χ0v) is 11.1. The lowest BCUT2D eigenvalue weighted by Gasteiger charge is -2.09. The molecule has 1 rings (SSSR count). The molecule has 1 unspecified atom stereocenters.